The molecule has 0 radical (unpaired) electrons. The minimum absolute atomic E-state index is 0.195. The van der Waals surface area contributed by atoms with Crippen molar-refractivity contribution in [1.29, 1.82) is 0 Å². The summed E-state index contributed by atoms with van der Waals surface area (Å²) in [6, 6.07) is 10.8. The molecule has 1 amide bonds. The topological polar surface area (TPSA) is 101 Å². The average molecular weight is 461 g/mol. The summed E-state index contributed by atoms with van der Waals surface area (Å²) in [5, 5.41) is 3.52. The number of fused-ring (bicyclic) bond motifs is 1. The van der Waals surface area contributed by atoms with Crippen LogP contribution in [-0.4, -0.2) is 41.3 Å². The number of benzene rings is 2. The first-order valence-electron chi connectivity index (χ1n) is 9.89. The first-order valence-corrected chi connectivity index (χ1v) is 11.7. The zero-order valence-electron chi connectivity index (χ0n) is 16.6. The fraction of sp³-hybridized carbons (Fsp3) is 0.286. The highest BCUT2D eigenvalue weighted by atomic mass is 35.5. The zero-order chi connectivity index (χ0) is 22.0. The Morgan fingerprint density at radius 1 is 1.06 bits per heavy atom. The zero-order valence-corrected chi connectivity index (χ0v) is 18.2. The predicted molar refractivity (Wildman–Crippen MR) is 119 cm³/mol. The van der Waals surface area contributed by atoms with Gasteiger partial charge in [-0.15, -0.1) is 0 Å². The number of amides is 1. The van der Waals surface area contributed by atoms with Crippen molar-refractivity contribution in [2.24, 2.45) is 0 Å². The number of carbonyl (C=O) groups excluding carboxylic acids is 1. The van der Waals surface area contributed by atoms with Crippen LogP contribution in [0.15, 0.2) is 58.5 Å². The molecule has 4 rings (SSSR count). The van der Waals surface area contributed by atoms with Gasteiger partial charge in [-0.25, -0.2) is 13.4 Å². The normalized spacial score (nSPS) is 15.1. The smallest absolute Gasteiger partial charge is 0.261 e. The summed E-state index contributed by atoms with van der Waals surface area (Å²) in [6.45, 7) is 0.835. The van der Waals surface area contributed by atoms with Crippen molar-refractivity contribution in [3.05, 3.63) is 64.2 Å². The third-order valence-corrected chi connectivity index (χ3v) is 7.34. The second kappa shape index (κ2) is 8.78. The SMILES string of the molecule is O=C(Cn1cnc2cc(Cl)ccc2c1=O)Nc1ccc(S(=O)(=O)N2CCCCC2)cc1. The van der Waals surface area contributed by atoms with Gasteiger partial charge in [0.15, 0.2) is 0 Å². The maximum Gasteiger partial charge on any atom is 0.261 e. The van der Waals surface area contributed by atoms with Gasteiger partial charge in [0.1, 0.15) is 6.54 Å². The van der Waals surface area contributed by atoms with Crippen LogP contribution in [0, 0.1) is 0 Å². The molecule has 1 saturated heterocycles. The monoisotopic (exact) mass is 460 g/mol. The van der Waals surface area contributed by atoms with Crippen LogP contribution in [0.25, 0.3) is 10.9 Å². The molecule has 1 aliphatic heterocycles. The Labute approximate surface area is 184 Å². The van der Waals surface area contributed by atoms with Gasteiger partial charge in [0.05, 0.1) is 22.1 Å². The summed E-state index contributed by atoms with van der Waals surface area (Å²) in [6.07, 6.45) is 4.07. The fourth-order valence-corrected chi connectivity index (χ4v) is 5.25. The highest BCUT2D eigenvalue weighted by Gasteiger charge is 2.25. The Morgan fingerprint density at radius 3 is 2.48 bits per heavy atom. The molecule has 2 aromatic carbocycles. The predicted octanol–water partition coefficient (Wildman–Crippen LogP) is 2.86. The van der Waals surface area contributed by atoms with Gasteiger partial charge in [-0.3, -0.25) is 14.2 Å². The van der Waals surface area contributed by atoms with E-state index in [2.05, 4.69) is 10.3 Å². The number of rotatable bonds is 5. The van der Waals surface area contributed by atoms with Crippen LogP contribution in [0.5, 0.6) is 0 Å². The summed E-state index contributed by atoms with van der Waals surface area (Å²) in [5.41, 5.74) is 0.552. The number of nitrogens with zero attached hydrogens (tertiary/aromatic N) is 3. The number of anilines is 1. The van der Waals surface area contributed by atoms with Gasteiger partial charge >= 0.3 is 0 Å². The Morgan fingerprint density at radius 2 is 1.77 bits per heavy atom. The highest BCUT2D eigenvalue weighted by Crippen LogP contribution is 2.22. The quantitative estimate of drug-likeness (QED) is 0.630. The lowest BCUT2D eigenvalue weighted by molar-refractivity contribution is -0.116. The Kier molecular flexibility index (Phi) is 6.08. The average Bonchev–Trinajstić information content (AvgIpc) is 2.76. The maximum atomic E-state index is 12.7. The van der Waals surface area contributed by atoms with Crippen molar-refractivity contribution in [2.45, 2.75) is 30.7 Å². The number of halogens is 1. The summed E-state index contributed by atoms with van der Waals surface area (Å²) in [7, 11) is -3.53. The van der Waals surface area contributed by atoms with Gasteiger partial charge in [-0.1, -0.05) is 18.0 Å². The second-order valence-electron chi connectivity index (χ2n) is 7.38. The molecule has 8 nitrogen and oxygen atoms in total. The van der Waals surface area contributed by atoms with E-state index in [0.717, 1.165) is 19.3 Å². The summed E-state index contributed by atoms with van der Waals surface area (Å²) >= 11 is 5.92. The molecule has 2 heterocycles. The molecular weight excluding hydrogens is 440 g/mol. The highest BCUT2D eigenvalue weighted by molar-refractivity contribution is 7.89. The van der Waals surface area contributed by atoms with Crippen molar-refractivity contribution in [3.8, 4) is 0 Å². The van der Waals surface area contributed by atoms with Crippen molar-refractivity contribution in [2.75, 3.05) is 18.4 Å². The first-order chi connectivity index (χ1) is 14.8. The number of piperidine rings is 1. The van der Waals surface area contributed by atoms with E-state index in [0.29, 0.717) is 34.7 Å². The Hall–Kier alpha value is -2.75. The molecule has 0 aliphatic carbocycles. The summed E-state index contributed by atoms with van der Waals surface area (Å²) < 4.78 is 28.1. The molecule has 1 aliphatic rings. The van der Waals surface area contributed by atoms with Crippen LogP contribution in [-0.2, 0) is 21.4 Å². The summed E-state index contributed by atoms with van der Waals surface area (Å²) in [5.74, 6) is -0.427. The molecule has 1 aromatic heterocycles. The van der Waals surface area contributed by atoms with Gasteiger partial charge in [0, 0.05) is 23.8 Å². The number of nitrogens with one attached hydrogen (secondary N) is 1. The van der Waals surface area contributed by atoms with Gasteiger partial charge in [-0.05, 0) is 55.3 Å². The van der Waals surface area contributed by atoms with Crippen molar-refractivity contribution in [3.63, 3.8) is 0 Å². The molecule has 0 saturated carbocycles. The molecular formula is C21H21ClN4O4S. The van der Waals surface area contributed by atoms with Gasteiger partial charge in [-0.2, -0.15) is 4.31 Å². The lowest BCUT2D eigenvalue weighted by Gasteiger charge is -2.25. The first kappa shape index (κ1) is 21.5. The van der Waals surface area contributed by atoms with Crippen LogP contribution in [0.4, 0.5) is 5.69 Å². The minimum atomic E-state index is -3.53. The standard InChI is InChI=1S/C21H21ClN4O4S/c22-15-4-9-18-19(12-15)23-14-25(21(18)28)13-20(27)24-16-5-7-17(8-6-16)31(29,30)26-10-2-1-3-11-26/h4-9,12,14H,1-3,10-11,13H2,(H,24,27). The van der Waals surface area contributed by atoms with E-state index >= 15 is 0 Å². The van der Waals surface area contributed by atoms with Gasteiger partial charge in [0.2, 0.25) is 15.9 Å². The molecule has 0 spiro atoms. The number of sulfonamides is 1. The van der Waals surface area contributed by atoms with E-state index in [1.54, 1.807) is 18.2 Å². The molecule has 1 N–H and O–H groups in total. The molecule has 31 heavy (non-hydrogen) atoms. The molecule has 3 aromatic rings. The van der Waals surface area contributed by atoms with E-state index in [-0.39, 0.29) is 17.0 Å². The second-order valence-corrected chi connectivity index (χ2v) is 9.75. The number of carbonyl (C=O) groups is 1. The van der Waals surface area contributed by atoms with E-state index < -0.39 is 15.9 Å². The van der Waals surface area contributed by atoms with E-state index in [1.807, 2.05) is 0 Å². The van der Waals surface area contributed by atoms with Gasteiger partial charge in [0.25, 0.3) is 5.56 Å². The van der Waals surface area contributed by atoms with Crippen molar-refractivity contribution >= 4 is 44.1 Å². The lowest BCUT2D eigenvalue weighted by Crippen LogP contribution is -2.35. The number of hydrogen-bond donors (Lipinski definition) is 1. The van der Waals surface area contributed by atoms with Crippen LogP contribution < -0.4 is 10.9 Å². The molecule has 0 unspecified atom stereocenters. The molecule has 10 heteroatoms. The molecule has 162 valence electrons. The Balaban J connectivity index is 1.46. The van der Waals surface area contributed by atoms with Crippen LogP contribution in [0.1, 0.15) is 19.3 Å². The third kappa shape index (κ3) is 4.63. The minimum Gasteiger partial charge on any atom is -0.325 e. The van der Waals surface area contributed by atoms with Crippen LogP contribution >= 0.6 is 11.6 Å². The largest absolute Gasteiger partial charge is 0.325 e. The maximum absolute atomic E-state index is 12.7. The van der Waals surface area contributed by atoms with Crippen molar-refractivity contribution < 1.29 is 13.2 Å². The number of hydrogen-bond acceptors (Lipinski definition) is 5. The van der Waals surface area contributed by atoms with Crippen LogP contribution in [0.3, 0.4) is 0 Å². The number of aromatic nitrogens is 2. The molecule has 0 bridgehead atoms. The van der Waals surface area contributed by atoms with E-state index in [4.69, 9.17) is 11.6 Å². The van der Waals surface area contributed by atoms with Crippen molar-refractivity contribution in [1.82, 2.24) is 13.9 Å². The van der Waals surface area contributed by atoms with E-state index in [1.165, 1.54) is 39.5 Å². The molecule has 0 atom stereocenters. The van der Waals surface area contributed by atoms with Crippen LogP contribution in [0.2, 0.25) is 5.02 Å². The third-order valence-electron chi connectivity index (χ3n) is 5.19. The lowest BCUT2D eigenvalue weighted by atomic mass is 10.2. The molecule has 1 fully saturated rings. The van der Waals surface area contributed by atoms with E-state index in [9.17, 15) is 18.0 Å². The Bertz CT molecular complexity index is 1280. The van der Waals surface area contributed by atoms with Gasteiger partial charge < -0.3 is 5.32 Å². The fourth-order valence-electron chi connectivity index (χ4n) is 3.56. The summed E-state index contributed by atoms with van der Waals surface area (Å²) in [4.78, 5) is 29.3.